The predicted octanol–water partition coefficient (Wildman–Crippen LogP) is 5.18. The lowest BCUT2D eigenvalue weighted by Gasteiger charge is -2.13. The summed E-state index contributed by atoms with van der Waals surface area (Å²) in [5, 5.41) is 7.93. The molecule has 0 fully saturated rings. The van der Waals surface area contributed by atoms with Gasteiger partial charge in [-0.05, 0) is 44.0 Å². The van der Waals surface area contributed by atoms with E-state index in [-0.39, 0.29) is 22.9 Å². The molecule has 3 aromatic rings. The van der Waals surface area contributed by atoms with Gasteiger partial charge in [-0.25, -0.2) is 14.1 Å². The molecule has 0 saturated carbocycles. The van der Waals surface area contributed by atoms with Crippen LogP contribution in [0.15, 0.2) is 30.5 Å². The van der Waals surface area contributed by atoms with Gasteiger partial charge in [0.05, 0.1) is 27.9 Å². The second kappa shape index (κ2) is 7.03. The summed E-state index contributed by atoms with van der Waals surface area (Å²) < 4.78 is 15.0. The molecule has 0 unspecified atom stereocenters. The molecule has 0 aliphatic carbocycles. The van der Waals surface area contributed by atoms with Crippen LogP contribution in [0.25, 0.3) is 11.0 Å². The first kappa shape index (κ1) is 18.3. The fourth-order valence-electron chi connectivity index (χ4n) is 2.68. The molecule has 3 rings (SSSR count). The molecule has 0 atom stereocenters. The smallest absolute Gasteiger partial charge is 0.256 e. The zero-order valence-corrected chi connectivity index (χ0v) is 15.8. The summed E-state index contributed by atoms with van der Waals surface area (Å²) in [4.78, 5) is 17.6. The van der Waals surface area contributed by atoms with Gasteiger partial charge in [-0.1, -0.05) is 25.4 Å². The number of amides is 1. The highest BCUT2D eigenvalue weighted by molar-refractivity contribution is 6.34. The molecule has 0 aliphatic rings. The minimum atomic E-state index is -0.459. The van der Waals surface area contributed by atoms with Crippen LogP contribution in [0.5, 0.6) is 0 Å². The summed E-state index contributed by atoms with van der Waals surface area (Å²) in [6.07, 6.45) is 1.65. The van der Waals surface area contributed by atoms with Crippen molar-refractivity contribution in [2.45, 2.75) is 39.7 Å². The van der Waals surface area contributed by atoms with E-state index in [4.69, 9.17) is 11.6 Å². The average molecular weight is 375 g/mol. The number of fused-ring (bicyclic) bond motifs is 1. The van der Waals surface area contributed by atoms with Crippen molar-refractivity contribution in [2.24, 2.45) is 0 Å². The van der Waals surface area contributed by atoms with E-state index >= 15 is 0 Å². The molecular formula is C19H20ClFN4O. The number of benzene rings is 1. The van der Waals surface area contributed by atoms with Crippen LogP contribution in [-0.4, -0.2) is 20.7 Å². The molecule has 0 spiro atoms. The van der Waals surface area contributed by atoms with Crippen molar-refractivity contribution in [1.82, 2.24) is 14.8 Å². The van der Waals surface area contributed by atoms with Crippen LogP contribution in [0.1, 0.15) is 55.7 Å². The molecule has 2 aromatic heterocycles. The molecule has 1 N–H and O–H groups in total. The van der Waals surface area contributed by atoms with Crippen molar-refractivity contribution >= 4 is 34.2 Å². The zero-order valence-electron chi connectivity index (χ0n) is 15.0. The Balaban J connectivity index is 2.09. The normalized spacial score (nSPS) is 11.5. The predicted molar refractivity (Wildman–Crippen MR) is 101 cm³/mol. The number of aromatic nitrogens is 3. The number of carbonyl (C=O) groups is 1. The molecule has 7 heteroatoms. The van der Waals surface area contributed by atoms with Crippen LogP contribution in [-0.2, 0) is 0 Å². The molecule has 0 saturated heterocycles. The van der Waals surface area contributed by atoms with Crippen molar-refractivity contribution < 1.29 is 9.18 Å². The molecule has 2 heterocycles. The van der Waals surface area contributed by atoms with Gasteiger partial charge in [0.1, 0.15) is 5.82 Å². The minimum absolute atomic E-state index is 0.116. The Bertz CT molecular complexity index is 981. The summed E-state index contributed by atoms with van der Waals surface area (Å²) in [5.41, 5.74) is 2.29. The van der Waals surface area contributed by atoms with Gasteiger partial charge in [-0.3, -0.25) is 4.79 Å². The maximum absolute atomic E-state index is 13.2. The second-order valence-corrected chi connectivity index (χ2v) is 7.16. The number of hydrogen-bond acceptors (Lipinski definition) is 3. The number of nitrogens with zero attached hydrogens (tertiary/aromatic N) is 3. The Morgan fingerprint density at radius 2 is 1.96 bits per heavy atom. The van der Waals surface area contributed by atoms with Gasteiger partial charge in [0, 0.05) is 11.7 Å². The first-order chi connectivity index (χ1) is 12.3. The zero-order chi connectivity index (χ0) is 19.0. The van der Waals surface area contributed by atoms with Gasteiger partial charge in [-0.2, -0.15) is 5.10 Å². The molecule has 0 bridgehead atoms. The van der Waals surface area contributed by atoms with Gasteiger partial charge >= 0.3 is 0 Å². The molecule has 136 valence electrons. The van der Waals surface area contributed by atoms with Gasteiger partial charge in [0.15, 0.2) is 5.65 Å². The fraction of sp³-hybridized carbons (Fsp3) is 0.316. The summed E-state index contributed by atoms with van der Waals surface area (Å²) in [6.45, 7) is 8.05. The van der Waals surface area contributed by atoms with E-state index in [1.807, 2.05) is 27.7 Å². The number of rotatable bonds is 4. The molecule has 1 aromatic carbocycles. The number of nitrogens with one attached hydrogen (secondary N) is 1. The lowest BCUT2D eigenvalue weighted by atomic mass is 10.0. The third-order valence-electron chi connectivity index (χ3n) is 4.09. The van der Waals surface area contributed by atoms with Crippen LogP contribution in [0.4, 0.5) is 10.1 Å². The van der Waals surface area contributed by atoms with Crippen LogP contribution < -0.4 is 5.32 Å². The Morgan fingerprint density at radius 3 is 2.58 bits per heavy atom. The highest BCUT2D eigenvalue weighted by Crippen LogP contribution is 2.27. The van der Waals surface area contributed by atoms with Crippen LogP contribution >= 0.6 is 11.6 Å². The van der Waals surface area contributed by atoms with E-state index in [1.165, 1.54) is 12.1 Å². The van der Waals surface area contributed by atoms with E-state index in [0.29, 0.717) is 22.3 Å². The molecule has 0 radical (unpaired) electrons. The fourth-order valence-corrected chi connectivity index (χ4v) is 2.89. The minimum Gasteiger partial charge on any atom is -0.321 e. The Kier molecular flexibility index (Phi) is 4.96. The lowest BCUT2D eigenvalue weighted by Crippen LogP contribution is -2.14. The number of halogens is 2. The Hall–Kier alpha value is -2.47. The van der Waals surface area contributed by atoms with Crippen LogP contribution in [0, 0.1) is 5.82 Å². The van der Waals surface area contributed by atoms with Crippen molar-refractivity contribution in [3.8, 4) is 0 Å². The standard InChI is InChI=1S/C19H20ClFN4O/c1-10(2)17-8-13(14-9-22-25(11(3)4)18(14)23-17)19(26)24-16-6-5-12(21)7-15(16)20/h5-11H,1-4H3,(H,24,26). The van der Waals surface area contributed by atoms with E-state index in [2.05, 4.69) is 15.4 Å². The monoisotopic (exact) mass is 374 g/mol. The molecule has 5 nitrogen and oxygen atoms in total. The summed E-state index contributed by atoms with van der Waals surface area (Å²) >= 11 is 6.02. The third kappa shape index (κ3) is 3.42. The van der Waals surface area contributed by atoms with Crippen molar-refractivity contribution in [3.05, 3.63) is 52.6 Å². The van der Waals surface area contributed by atoms with Gasteiger partial charge in [0.2, 0.25) is 0 Å². The van der Waals surface area contributed by atoms with Gasteiger partial charge < -0.3 is 5.32 Å². The first-order valence-corrected chi connectivity index (χ1v) is 8.80. The van der Waals surface area contributed by atoms with Crippen molar-refractivity contribution in [1.29, 1.82) is 0 Å². The van der Waals surface area contributed by atoms with E-state index in [1.54, 1.807) is 16.9 Å². The highest BCUT2D eigenvalue weighted by Gasteiger charge is 2.19. The summed E-state index contributed by atoms with van der Waals surface area (Å²) in [5.74, 6) is -0.647. The Labute approximate surface area is 156 Å². The van der Waals surface area contributed by atoms with Crippen molar-refractivity contribution in [3.63, 3.8) is 0 Å². The molecular weight excluding hydrogens is 355 g/mol. The lowest BCUT2D eigenvalue weighted by molar-refractivity contribution is 0.102. The quantitative estimate of drug-likeness (QED) is 0.684. The van der Waals surface area contributed by atoms with Crippen LogP contribution in [0.2, 0.25) is 5.02 Å². The summed E-state index contributed by atoms with van der Waals surface area (Å²) in [6, 6.07) is 5.74. The molecule has 1 amide bonds. The van der Waals surface area contributed by atoms with E-state index < -0.39 is 5.82 Å². The van der Waals surface area contributed by atoms with Gasteiger partial charge in [-0.15, -0.1) is 0 Å². The number of anilines is 1. The largest absolute Gasteiger partial charge is 0.321 e. The number of carbonyl (C=O) groups excluding carboxylic acids is 1. The van der Waals surface area contributed by atoms with E-state index in [9.17, 15) is 9.18 Å². The third-order valence-corrected chi connectivity index (χ3v) is 4.40. The van der Waals surface area contributed by atoms with Gasteiger partial charge in [0.25, 0.3) is 5.91 Å². The highest BCUT2D eigenvalue weighted by atomic mass is 35.5. The second-order valence-electron chi connectivity index (χ2n) is 6.75. The average Bonchev–Trinajstić information content (AvgIpc) is 3.00. The SMILES string of the molecule is CC(C)c1cc(C(=O)Nc2ccc(F)cc2Cl)c2cnn(C(C)C)c2n1. The van der Waals surface area contributed by atoms with E-state index in [0.717, 1.165) is 11.8 Å². The number of hydrogen-bond donors (Lipinski definition) is 1. The molecule has 0 aliphatic heterocycles. The first-order valence-electron chi connectivity index (χ1n) is 8.42. The maximum Gasteiger partial charge on any atom is 0.256 e. The summed E-state index contributed by atoms with van der Waals surface area (Å²) in [7, 11) is 0. The number of pyridine rings is 1. The molecule has 26 heavy (non-hydrogen) atoms. The van der Waals surface area contributed by atoms with Crippen LogP contribution in [0.3, 0.4) is 0 Å². The Morgan fingerprint density at radius 1 is 1.23 bits per heavy atom. The maximum atomic E-state index is 13.2. The van der Waals surface area contributed by atoms with Crippen molar-refractivity contribution in [2.75, 3.05) is 5.32 Å². The topological polar surface area (TPSA) is 59.8 Å².